The number of fused-ring (bicyclic) bond motifs is 1. The molecule has 3 N–H and O–H groups in total. The molecule has 3 aromatic rings. The number of ether oxygens (including phenoxy) is 2. The summed E-state index contributed by atoms with van der Waals surface area (Å²) < 4.78 is 13.0. The van der Waals surface area contributed by atoms with E-state index in [1.165, 1.54) is 10.9 Å². The largest absolute Gasteiger partial charge is 0.462 e. The first-order chi connectivity index (χ1) is 12.5. The van der Waals surface area contributed by atoms with Gasteiger partial charge in [0.25, 0.3) is 0 Å². The van der Waals surface area contributed by atoms with Gasteiger partial charge in [0, 0.05) is 17.3 Å². The molecule has 2 aromatic carbocycles. The Balaban J connectivity index is 1.53. The molecule has 1 aliphatic rings. The van der Waals surface area contributed by atoms with Crippen LogP contribution >= 0.6 is 0 Å². The van der Waals surface area contributed by atoms with E-state index in [4.69, 9.17) is 9.47 Å². The van der Waals surface area contributed by atoms with Crippen molar-refractivity contribution in [2.45, 2.75) is 31.5 Å². The maximum absolute atomic E-state index is 9.95. The van der Waals surface area contributed by atoms with Crippen LogP contribution in [0.5, 0.6) is 5.75 Å². The van der Waals surface area contributed by atoms with Gasteiger partial charge >= 0.3 is 0 Å². The van der Waals surface area contributed by atoms with Gasteiger partial charge in [0.1, 0.15) is 24.1 Å². The predicted octanol–water partition coefficient (Wildman–Crippen LogP) is 1.76. The average Bonchev–Trinajstić information content (AvgIpc) is 3.06. The van der Waals surface area contributed by atoms with Crippen LogP contribution in [0.4, 0.5) is 0 Å². The number of benzene rings is 2. The number of aromatic nitrogens is 1. The van der Waals surface area contributed by atoms with E-state index in [9.17, 15) is 15.3 Å². The standard InChI is InChI=1S/C20H21NO5/c1-12-2-7-16-13(10-12)8-9-21(16)14-3-5-15(6-4-14)26-20-19(24)18(23)17(22)11-25-20/h2-10,17-20,22-24H,11H2,1H3/t17-,18-,19+,20+/m0/s1. The van der Waals surface area contributed by atoms with Crippen molar-refractivity contribution in [2.24, 2.45) is 0 Å². The molecule has 26 heavy (non-hydrogen) atoms. The molecule has 6 nitrogen and oxygen atoms in total. The van der Waals surface area contributed by atoms with Gasteiger partial charge < -0.3 is 29.4 Å². The first-order valence-electron chi connectivity index (χ1n) is 8.53. The van der Waals surface area contributed by atoms with Crippen LogP contribution in [0.3, 0.4) is 0 Å². The number of aliphatic hydroxyl groups is 3. The highest BCUT2D eigenvalue weighted by atomic mass is 16.7. The Hall–Kier alpha value is -2.38. The van der Waals surface area contributed by atoms with E-state index in [1.54, 1.807) is 12.1 Å². The maximum Gasteiger partial charge on any atom is 0.228 e. The smallest absolute Gasteiger partial charge is 0.228 e. The van der Waals surface area contributed by atoms with Crippen LogP contribution in [-0.4, -0.2) is 51.1 Å². The molecule has 4 rings (SSSR count). The summed E-state index contributed by atoms with van der Waals surface area (Å²) in [6.45, 7) is 1.98. The van der Waals surface area contributed by atoms with E-state index in [1.807, 2.05) is 18.3 Å². The molecule has 1 fully saturated rings. The molecule has 2 heterocycles. The fourth-order valence-electron chi connectivity index (χ4n) is 3.19. The van der Waals surface area contributed by atoms with Crippen LogP contribution in [0.25, 0.3) is 16.6 Å². The first-order valence-corrected chi connectivity index (χ1v) is 8.53. The summed E-state index contributed by atoms with van der Waals surface area (Å²) in [4.78, 5) is 0. The van der Waals surface area contributed by atoms with E-state index in [0.717, 1.165) is 11.2 Å². The van der Waals surface area contributed by atoms with Crippen LogP contribution in [0.1, 0.15) is 5.56 Å². The van der Waals surface area contributed by atoms with Gasteiger partial charge in [0.2, 0.25) is 6.29 Å². The third-order valence-corrected chi connectivity index (χ3v) is 4.67. The summed E-state index contributed by atoms with van der Waals surface area (Å²) in [5.41, 5.74) is 3.32. The molecule has 0 saturated carbocycles. The van der Waals surface area contributed by atoms with Gasteiger partial charge in [0.05, 0.1) is 12.1 Å². The summed E-state index contributed by atoms with van der Waals surface area (Å²) >= 11 is 0. The SMILES string of the molecule is Cc1ccc2c(ccn2-c2ccc(O[C@H]3OC[C@H](O)[C@H](O)[C@H]3O)cc2)c1. The molecule has 6 heteroatoms. The predicted molar refractivity (Wildman–Crippen MR) is 96.4 cm³/mol. The van der Waals surface area contributed by atoms with E-state index < -0.39 is 24.6 Å². The van der Waals surface area contributed by atoms with E-state index in [2.05, 4.69) is 35.8 Å². The van der Waals surface area contributed by atoms with Crippen molar-refractivity contribution in [3.63, 3.8) is 0 Å². The highest BCUT2D eigenvalue weighted by Gasteiger charge is 2.38. The van der Waals surface area contributed by atoms with Crippen molar-refractivity contribution in [1.82, 2.24) is 4.57 Å². The van der Waals surface area contributed by atoms with Crippen LogP contribution in [0.2, 0.25) is 0 Å². The van der Waals surface area contributed by atoms with Crippen molar-refractivity contribution in [2.75, 3.05) is 6.61 Å². The third-order valence-electron chi connectivity index (χ3n) is 4.67. The van der Waals surface area contributed by atoms with Crippen LogP contribution in [0.15, 0.2) is 54.7 Å². The lowest BCUT2D eigenvalue weighted by molar-refractivity contribution is -0.242. The Bertz CT molecular complexity index is 904. The molecule has 0 aliphatic carbocycles. The summed E-state index contributed by atoms with van der Waals surface area (Å²) in [7, 11) is 0. The highest BCUT2D eigenvalue weighted by molar-refractivity contribution is 5.82. The Labute approximate surface area is 150 Å². The molecule has 1 aromatic heterocycles. The van der Waals surface area contributed by atoms with Gasteiger partial charge in [-0.2, -0.15) is 0 Å². The number of nitrogens with zero attached hydrogens (tertiary/aromatic N) is 1. The fraction of sp³-hybridized carbons (Fsp3) is 0.300. The van der Waals surface area contributed by atoms with Crippen molar-refractivity contribution in [3.05, 3.63) is 60.3 Å². The summed E-state index contributed by atoms with van der Waals surface area (Å²) in [6.07, 6.45) is -2.71. The quantitative estimate of drug-likeness (QED) is 0.667. The number of rotatable bonds is 3. The minimum absolute atomic E-state index is 0.0875. The molecule has 0 amide bonds. The first kappa shape index (κ1) is 17.1. The molecule has 1 aliphatic heterocycles. The number of hydrogen-bond acceptors (Lipinski definition) is 5. The van der Waals surface area contributed by atoms with Gasteiger partial charge in [-0.1, -0.05) is 11.6 Å². The zero-order valence-electron chi connectivity index (χ0n) is 14.3. The van der Waals surface area contributed by atoms with Crippen molar-refractivity contribution in [1.29, 1.82) is 0 Å². The molecule has 0 unspecified atom stereocenters. The highest BCUT2D eigenvalue weighted by Crippen LogP contribution is 2.25. The summed E-state index contributed by atoms with van der Waals surface area (Å²) in [5.74, 6) is 0.508. The maximum atomic E-state index is 9.95. The lowest BCUT2D eigenvalue weighted by Crippen LogP contribution is -2.54. The minimum atomic E-state index is -1.31. The second-order valence-corrected chi connectivity index (χ2v) is 6.61. The number of aryl methyl sites for hydroxylation is 1. The molecule has 136 valence electrons. The van der Waals surface area contributed by atoms with Crippen LogP contribution < -0.4 is 4.74 Å². The van der Waals surface area contributed by atoms with Gasteiger partial charge in [-0.25, -0.2) is 0 Å². The molecular formula is C20H21NO5. The zero-order valence-corrected chi connectivity index (χ0v) is 14.3. The Morgan fingerprint density at radius 3 is 2.54 bits per heavy atom. The molecular weight excluding hydrogens is 334 g/mol. The Morgan fingerprint density at radius 2 is 1.77 bits per heavy atom. The van der Waals surface area contributed by atoms with Gasteiger partial charge in [0.15, 0.2) is 0 Å². The Morgan fingerprint density at radius 1 is 1.00 bits per heavy atom. The number of aliphatic hydroxyl groups excluding tert-OH is 3. The van der Waals surface area contributed by atoms with Crippen LogP contribution in [0, 0.1) is 6.92 Å². The van der Waals surface area contributed by atoms with E-state index >= 15 is 0 Å². The van der Waals surface area contributed by atoms with E-state index in [0.29, 0.717) is 5.75 Å². The van der Waals surface area contributed by atoms with Gasteiger partial charge in [-0.15, -0.1) is 0 Å². The normalized spacial score (nSPS) is 26.2. The summed E-state index contributed by atoms with van der Waals surface area (Å²) in [6, 6.07) is 15.8. The van der Waals surface area contributed by atoms with E-state index in [-0.39, 0.29) is 6.61 Å². The molecule has 1 saturated heterocycles. The van der Waals surface area contributed by atoms with Crippen molar-refractivity contribution >= 4 is 10.9 Å². The Kier molecular flexibility index (Phi) is 4.42. The fourth-order valence-corrected chi connectivity index (χ4v) is 3.19. The van der Waals surface area contributed by atoms with Gasteiger partial charge in [-0.05, 0) is 49.4 Å². The number of hydrogen-bond donors (Lipinski definition) is 3. The monoisotopic (exact) mass is 355 g/mol. The molecule has 4 atom stereocenters. The van der Waals surface area contributed by atoms with Gasteiger partial charge in [-0.3, -0.25) is 0 Å². The second-order valence-electron chi connectivity index (χ2n) is 6.61. The third kappa shape index (κ3) is 3.08. The topological polar surface area (TPSA) is 84.1 Å². The van der Waals surface area contributed by atoms with Crippen LogP contribution in [-0.2, 0) is 4.74 Å². The average molecular weight is 355 g/mol. The lowest BCUT2D eigenvalue weighted by atomic mass is 10.1. The lowest BCUT2D eigenvalue weighted by Gasteiger charge is -2.34. The molecule has 0 spiro atoms. The minimum Gasteiger partial charge on any atom is -0.462 e. The van der Waals surface area contributed by atoms with Crippen molar-refractivity contribution < 1.29 is 24.8 Å². The molecule has 0 bridgehead atoms. The second kappa shape index (κ2) is 6.74. The summed E-state index contributed by atoms with van der Waals surface area (Å²) in [5, 5.41) is 30.3. The van der Waals surface area contributed by atoms with Crippen molar-refractivity contribution in [3.8, 4) is 11.4 Å². The molecule has 0 radical (unpaired) electrons. The zero-order chi connectivity index (χ0) is 18.3.